The molecule has 0 spiro atoms. The Bertz CT molecular complexity index is 1210. The first kappa shape index (κ1) is 34.7. The fourth-order valence-electron chi connectivity index (χ4n) is 5.38. The minimum absolute atomic E-state index is 0.182. The van der Waals surface area contributed by atoms with Crippen molar-refractivity contribution in [2.45, 2.75) is 84.8 Å². The van der Waals surface area contributed by atoms with Gasteiger partial charge in [-0.1, -0.05) is 65.8 Å². The smallest absolute Gasteiger partial charge is 0.246 e. The molecule has 3 N–H and O–H groups in total. The van der Waals surface area contributed by atoms with Crippen molar-refractivity contribution in [1.29, 1.82) is 0 Å². The Kier molecular flexibility index (Phi) is 12.5. The Morgan fingerprint density at radius 1 is 0.952 bits per heavy atom. The van der Waals surface area contributed by atoms with Crippen LogP contribution in [0, 0.1) is 11.7 Å². The summed E-state index contributed by atoms with van der Waals surface area (Å²) in [5.41, 5.74) is 2.06. The van der Waals surface area contributed by atoms with Gasteiger partial charge in [-0.3, -0.25) is 14.4 Å². The van der Waals surface area contributed by atoms with Crippen molar-refractivity contribution in [3.63, 3.8) is 0 Å². The molecule has 3 amide bonds. The third kappa shape index (κ3) is 8.77. The van der Waals surface area contributed by atoms with Crippen molar-refractivity contribution in [3.8, 4) is 5.75 Å². The van der Waals surface area contributed by atoms with E-state index in [1.165, 1.54) is 24.1 Å². The van der Waals surface area contributed by atoms with Gasteiger partial charge in [-0.15, -0.1) is 0 Å². The number of aromatic hydroxyl groups is 1. The second-order valence-electron chi connectivity index (χ2n) is 12.1. The number of rotatable bonds is 13. The number of carbonyl (C=O) groups is 3. The lowest BCUT2D eigenvalue weighted by Crippen LogP contribution is -2.60. The van der Waals surface area contributed by atoms with E-state index in [-0.39, 0.29) is 53.6 Å². The van der Waals surface area contributed by atoms with Crippen LogP contribution in [-0.4, -0.2) is 77.9 Å². The average molecular weight is 585 g/mol. The van der Waals surface area contributed by atoms with Crippen LogP contribution in [0.15, 0.2) is 42.5 Å². The van der Waals surface area contributed by atoms with Crippen LogP contribution >= 0.6 is 0 Å². The van der Waals surface area contributed by atoms with Gasteiger partial charge in [0.25, 0.3) is 0 Å². The fourth-order valence-corrected chi connectivity index (χ4v) is 5.38. The van der Waals surface area contributed by atoms with E-state index < -0.39 is 18.1 Å². The Morgan fingerprint density at radius 3 is 2.05 bits per heavy atom. The van der Waals surface area contributed by atoms with E-state index in [4.69, 9.17) is 0 Å². The minimum atomic E-state index is -0.821. The Morgan fingerprint density at radius 2 is 1.55 bits per heavy atom. The molecular weight excluding hydrogens is 535 g/mol. The molecule has 9 heteroatoms. The summed E-state index contributed by atoms with van der Waals surface area (Å²) in [5.74, 6) is -1.28. The highest BCUT2D eigenvalue weighted by Crippen LogP contribution is 2.32. The van der Waals surface area contributed by atoms with E-state index in [9.17, 15) is 23.9 Å². The molecule has 0 aliphatic rings. The quantitative estimate of drug-likeness (QED) is 0.330. The lowest BCUT2D eigenvalue weighted by molar-refractivity contribution is -0.151. The maximum atomic E-state index is 14.2. The Balaban J connectivity index is 2.41. The van der Waals surface area contributed by atoms with Gasteiger partial charge in [-0.2, -0.15) is 0 Å². The third-order valence-electron chi connectivity index (χ3n) is 7.60. The largest absolute Gasteiger partial charge is 0.508 e. The molecule has 2 aromatic carbocycles. The summed E-state index contributed by atoms with van der Waals surface area (Å²) in [4.78, 5) is 44.2. The summed E-state index contributed by atoms with van der Waals surface area (Å²) in [6.45, 7) is 14.3. The Labute approximate surface area is 250 Å². The molecule has 8 nitrogen and oxygen atoms in total. The van der Waals surface area contributed by atoms with E-state index in [1.807, 2.05) is 54.5 Å². The monoisotopic (exact) mass is 584 g/mol. The van der Waals surface area contributed by atoms with E-state index in [2.05, 4.69) is 10.6 Å². The average Bonchev–Trinajstić information content (AvgIpc) is 2.93. The van der Waals surface area contributed by atoms with E-state index in [0.717, 1.165) is 16.7 Å². The molecule has 0 aliphatic carbocycles. The molecule has 0 radical (unpaired) electrons. The summed E-state index contributed by atoms with van der Waals surface area (Å²) in [5, 5.41) is 16.3. The van der Waals surface area contributed by atoms with Crippen LogP contribution in [0.1, 0.15) is 65.2 Å². The number of carbonyl (C=O) groups excluding carboxylic acids is 3. The van der Waals surface area contributed by atoms with Crippen LogP contribution in [-0.2, 0) is 32.6 Å². The van der Waals surface area contributed by atoms with Gasteiger partial charge in [-0.05, 0) is 66.1 Å². The molecule has 232 valence electrons. The molecule has 0 bridgehead atoms. The molecule has 0 heterocycles. The number of halogens is 1. The lowest BCUT2D eigenvalue weighted by Gasteiger charge is -2.38. The van der Waals surface area contributed by atoms with Crippen molar-refractivity contribution in [1.82, 2.24) is 20.4 Å². The number of phenols is 1. The highest BCUT2D eigenvalue weighted by molar-refractivity contribution is 5.93. The van der Waals surface area contributed by atoms with Gasteiger partial charge in [0.05, 0.1) is 6.04 Å². The number of likely N-dealkylation sites (N-methyl/N-ethyl adjacent to an activating group) is 4. The summed E-state index contributed by atoms with van der Waals surface area (Å²) in [6.07, 6.45) is 0.585. The Hall–Kier alpha value is -3.46. The number of amides is 3. The molecule has 2 rings (SSSR count). The zero-order chi connectivity index (χ0) is 31.8. The molecule has 0 saturated carbocycles. The van der Waals surface area contributed by atoms with Gasteiger partial charge in [0, 0.05) is 27.1 Å². The highest BCUT2D eigenvalue weighted by Gasteiger charge is 2.39. The molecular formula is C33H49FN4O4. The first-order chi connectivity index (χ1) is 19.7. The number of phenolic OH excluding ortho intramolecular Hbond substituents is 1. The standard InChI is InChI=1S/C33H49FN4O4/c1-10-36-26(19-22-12-15-24(34)16-13-22)31(41)37(9)29(21(3)4)32(42)38(11-2)27(30(40)35-8)20-23-14-17-28(39)25(18-23)33(5,6)7/h12-18,21,26-27,29,36,39H,10-11,19-20H2,1-9H3,(H,35,40). The van der Waals surface area contributed by atoms with Gasteiger partial charge >= 0.3 is 0 Å². The van der Waals surface area contributed by atoms with Crippen LogP contribution in [0.25, 0.3) is 0 Å². The zero-order valence-corrected chi connectivity index (χ0v) is 26.6. The van der Waals surface area contributed by atoms with E-state index in [1.54, 1.807) is 36.2 Å². The molecule has 0 aromatic heterocycles. The predicted molar refractivity (Wildman–Crippen MR) is 165 cm³/mol. The third-order valence-corrected chi connectivity index (χ3v) is 7.60. The van der Waals surface area contributed by atoms with Crippen molar-refractivity contribution in [2.75, 3.05) is 27.2 Å². The normalized spacial score (nSPS) is 13.8. The van der Waals surface area contributed by atoms with Crippen molar-refractivity contribution in [3.05, 3.63) is 65.0 Å². The van der Waals surface area contributed by atoms with Gasteiger partial charge in [-0.25, -0.2) is 4.39 Å². The van der Waals surface area contributed by atoms with E-state index >= 15 is 0 Å². The number of benzene rings is 2. The fraction of sp³-hybridized carbons (Fsp3) is 0.545. The topological polar surface area (TPSA) is 102 Å². The highest BCUT2D eigenvalue weighted by atomic mass is 19.1. The maximum absolute atomic E-state index is 14.2. The van der Waals surface area contributed by atoms with Crippen molar-refractivity contribution < 1.29 is 23.9 Å². The summed E-state index contributed by atoms with van der Waals surface area (Å²) >= 11 is 0. The molecule has 3 atom stereocenters. The van der Waals surface area contributed by atoms with Crippen molar-refractivity contribution in [2.24, 2.45) is 5.92 Å². The van der Waals surface area contributed by atoms with Crippen LogP contribution in [0.5, 0.6) is 5.75 Å². The molecule has 0 aliphatic heterocycles. The summed E-state index contributed by atoms with van der Waals surface area (Å²) < 4.78 is 13.5. The van der Waals surface area contributed by atoms with Crippen LogP contribution in [0.3, 0.4) is 0 Å². The first-order valence-corrected chi connectivity index (χ1v) is 14.7. The number of hydrogen-bond acceptors (Lipinski definition) is 5. The molecule has 0 fully saturated rings. The minimum Gasteiger partial charge on any atom is -0.508 e. The SMILES string of the molecule is CCNC(Cc1ccc(F)cc1)C(=O)N(C)C(C(=O)N(CC)C(Cc1ccc(O)c(C(C)(C)C)c1)C(=O)NC)C(C)C. The van der Waals surface area contributed by atoms with Crippen LogP contribution < -0.4 is 10.6 Å². The van der Waals surface area contributed by atoms with Crippen molar-refractivity contribution >= 4 is 17.7 Å². The summed E-state index contributed by atoms with van der Waals surface area (Å²) in [6, 6.07) is 9.06. The van der Waals surface area contributed by atoms with Crippen LogP contribution in [0.2, 0.25) is 0 Å². The van der Waals surface area contributed by atoms with Gasteiger partial charge < -0.3 is 25.5 Å². The lowest BCUT2D eigenvalue weighted by atomic mass is 9.84. The maximum Gasteiger partial charge on any atom is 0.246 e. The second kappa shape index (κ2) is 15.1. The molecule has 2 aromatic rings. The van der Waals surface area contributed by atoms with Gasteiger partial charge in [0.15, 0.2) is 0 Å². The summed E-state index contributed by atoms with van der Waals surface area (Å²) in [7, 11) is 3.16. The zero-order valence-electron chi connectivity index (χ0n) is 26.6. The number of nitrogens with zero attached hydrogens (tertiary/aromatic N) is 2. The molecule has 0 saturated heterocycles. The van der Waals surface area contributed by atoms with E-state index in [0.29, 0.717) is 13.0 Å². The number of hydrogen-bond donors (Lipinski definition) is 3. The molecule has 42 heavy (non-hydrogen) atoms. The predicted octanol–water partition coefficient (Wildman–Crippen LogP) is 4.04. The van der Waals surface area contributed by atoms with Gasteiger partial charge in [0.2, 0.25) is 17.7 Å². The van der Waals surface area contributed by atoms with Crippen LogP contribution in [0.4, 0.5) is 4.39 Å². The second-order valence-corrected chi connectivity index (χ2v) is 12.1. The molecule has 3 unspecified atom stereocenters. The number of nitrogens with one attached hydrogen (secondary N) is 2. The van der Waals surface area contributed by atoms with Gasteiger partial charge in [0.1, 0.15) is 23.7 Å². The first-order valence-electron chi connectivity index (χ1n) is 14.7.